The first kappa shape index (κ1) is 16.2. The zero-order valence-electron chi connectivity index (χ0n) is 15.7. The van der Waals surface area contributed by atoms with Gasteiger partial charge in [-0.3, -0.25) is 4.98 Å². The van der Waals surface area contributed by atoms with Gasteiger partial charge in [0.1, 0.15) is 0 Å². The molecule has 3 fully saturated rings. The molecule has 2 aromatic rings. The van der Waals surface area contributed by atoms with Crippen LogP contribution in [-0.4, -0.2) is 49.3 Å². The highest BCUT2D eigenvalue weighted by Crippen LogP contribution is 2.43. The van der Waals surface area contributed by atoms with Crippen LogP contribution in [0.15, 0.2) is 12.1 Å². The van der Waals surface area contributed by atoms with Gasteiger partial charge in [0.05, 0.1) is 19.7 Å². The molecule has 4 heterocycles. The summed E-state index contributed by atoms with van der Waals surface area (Å²) < 4.78 is 11.1. The van der Waals surface area contributed by atoms with E-state index in [-0.39, 0.29) is 5.54 Å². The minimum absolute atomic E-state index is 0.243. The number of anilines is 1. The van der Waals surface area contributed by atoms with E-state index in [0.29, 0.717) is 0 Å². The highest BCUT2D eigenvalue weighted by atomic mass is 16.5. The number of hydrogen-bond acceptors (Lipinski definition) is 5. The van der Waals surface area contributed by atoms with Crippen LogP contribution in [0, 0.1) is 0 Å². The highest BCUT2D eigenvalue weighted by Gasteiger charge is 2.40. The number of aryl methyl sites for hydroxylation is 1. The van der Waals surface area contributed by atoms with Crippen LogP contribution in [0.1, 0.15) is 36.9 Å². The van der Waals surface area contributed by atoms with Gasteiger partial charge < -0.3 is 19.7 Å². The molecule has 5 nitrogen and oxygen atoms in total. The van der Waals surface area contributed by atoms with E-state index in [1.54, 1.807) is 14.2 Å². The second kappa shape index (κ2) is 6.02. The summed E-state index contributed by atoms with van der Waals surface area (Å²) in [6, 6.07) is 4.13. The molecule has 1 aromatic carbocycles. The monoisotopic (exact) mass is 353 g/mol. The number of hydrogen-bond donors (Lipinski definition) is 1. The molecule has 0 atom stereocenters. The molecule has 0 spiro atoms. The average Bonchev–Trinajstić information content (AvgIpc) is 3.16. The fourth-order valence-electron chi connectivity index (χ4n) is 5.01. The van der Waals surface area contributed by atoms with E-state index in [9.17, 15) is 0 Å². The zero-order chi connectivity index (χ0) is 17.7. The molecule has 3 saturated heterocycles. The van der Waals surface area contributed by atoms with E-state index >= 15 is 0 Å². The quantitative estimate of drug-likeness (QED) is 0.913. The topological polar surface area (TPSA) is 46.6 Å². The number of nitrogens with zero attached hydrogens (tertiary/aromatic N) is 2. The van der Waals surface area contributed by atoms with Crippen molar-refractivity contribution in [3.63, 3.8) is 0 Å². The van der Waals surface area contributed by atoms with Crippen LogP contribution in [0.2, 0.25) is 0 Å². The number of benzene rings is 1. The summed E-state index contributed by atoms with van der Waals surface area (Å²) in [4.78, 5) is 7.56. The third-order valence-corrected chi connectivity index (χ3v) is 6.63. The minimum atomic E-state index is 0.243. The third kappa shape index (κ3) is 2.44. The molecule has 0 unspecified atom stereocenters. The molecular formula is C21H27N3O2. The zero-order valence-corrected chi connectivity index (χ0v) is 15.7. The Labute approximate surface area is 154 Å². The van der Waals surface area contributed by atoms with Crippen molar-refractivity contribution < 1.29 is 9.47 Å². The molecule has 1 aliphatic carbocycles. The van der Waals surface area contributed by atoms with Gasteiger partial charge in [0.15, 0.2) is 11.5 Å². The van der Waals surface area contributed by atoms with Crippen molar-refractivity contribution in [1.29, 1.82) is 0 Å². The van der Waals surface area contributed by atoms with Crippen LogP contribution in [0.25, 0.3) is 10.9 Å². The first-order chi connectivity index (χ1) is 12.7. The van der Waals surface area contributed by atoms with Gasteiger partial charge in [-0.25, -0.2) is 0 Å². The smallest absolute Gasteiger partial charge is 0.162 e. The Balaban J connectivity index is 1.67. The minimum Gasteiger partial charge on any atom is -0.493 e. The first-order valence-electron chi connectivity index (χ1n) is 9.79. The lowest BCUT2D eigenvalue weighted by Crippen LogP contribution is -2.56. The molecule has 2 bridgehead atoms. The van der Waals surface area contributed by atoms with Gasteiger partial charge in [0.2, 0.25) is 0 Å². The molecule has 5 heteroatoms. The Morgan fingerprint density at radius 1 is 1.00 bits per heavy atom. The average molecular weight is 353 g/mol. The van der Waals surface area contributed by atoms with Gasteiger partial charge in [0, 0.05) is 48.0 Å². The van der Waals surface area contributed by atoms with Crippen LogP contribution in [0.4, 0.5) is 5.69 Å². The SMILES string of the molecule is COc1cc2nc3c(c(NC45CCN(CC4)CC5)c2cc1OC)CCC3. The van der Waals surface area contributed by atoms with E-state index in [1.165, 1.54) is 67.6 Å². The molecule has 0 radical (unpaired) electrons. The van der Waals surface area contributed by atoms with E-state index in [4.69, 9.17) is 14.5 Å². The largest absolute Gasteiger partial charge is 0.493 e. The normalized spacial score (nSPS) is 26.8. The maximum atomic E-state index is 5.58. The maximum Gasteiger partial charge on any atom is 0.162 e. The van der Waals surface area contributed by atoms with Crippen molar-refractivity contribution in [3.8, 4) is 11.5 Å². The lowest BCUT2D eigenvalue weighted by Gasteiger charge is -2.49. The third-order valence-electron chi connectivity index (χ3n) is 6.63. The number of methoxy groups -OCH3 is 2. The van der Waals surface area contributed by atoms with Crippen LogP contribution < -0.4 is 14.8 Å². The summed E-state index contributed by atoms with van der Waals surface area (Å²) in [6.45, 7) is 3.65. The summed E-state index contributed by atoms with van der Waals surface area (Å²) >= 11 is 0. The van der Waals surface area contributed by atoms with Gasteiger partial charge >= 0.3 is 0 Å². The number of ether oxygens (including phenoxy) is 2. The Morgan fingerprint density at radius 3 is 2.38 bits per heavy atom. The molecule has 3 aliphatic heterocycles. The summed E-state index contributed by atoms with van der Waals surface area (Å²) in [5.74, 6) is 1.53. The molecule has 138 valence electrons. The van der Waals surface area contributed by atoms with Crippen molar-refractivity contribution in [1.82, 2.24) is 9.88 Å². The number of fused-ring (bicyclic) bond motifs is 5. The Bertz CT molecular complexity index is 842. The Hall–Kier alpha value is -2.01. The van der Waals surface area contributed by atoms with Crippen molar-refractivity contribution >= 4 is 16.6 Å². The summed E-state index contributed by atoms with van der Waals surface area (Å²) in [7, 11) is 3.39. The van der Waals surface area contributed by atoms with Crippen LogP contribution >= 0.6 is 0 Å². The molecule has 6 rings (SSSR count). The summed E-state index contributed by atoms with van der Waals surface area (Å²) in [5, 5.41) is 5.22. The molecule has 1 N–H and O–H groups in total. The molecule has 0 saturated carbocycles. The predicted molar refractivity (Wildman–Crippen MR) is 104 cm³/mol. The van der Waals surface area contributed by atoms with Crippen LogP contribution in [-0.2, 0) is 12.8 Å². The van der Waals surface area contributed by atoms with Gasteiger partial charge in [0.25, 0.3) is 0 Å². The van der Waals surface area contributed by atoms with Gasteiger partial charge in [-0.05, 0) is 50.2 Å². The standard InChI is InChI=1S/C21H27N3O2/c1-25-18-12-15-17(13-19(18)26-2)22-16-5-3-4-14(16)20(15)23-21-6-9-24(10-7-21)11-8-21/h12-13H,3-11H2,1-2H3,(H,22,23). The number of piperidine rings is 3. The fourth-order valence-corrected chi connectivity index (χ4v) is 5.01. The van der Waals surface area contributed by atoms with E-state index in [1.807, 2.05) is 6.07 Å². The van der Waals surface area contributed by atoms with E-state index in [2.05, 4.69) is 16.3 Å². The summed E-state index contributed by atoms with van der Waals surface area (Å²) in [5.41, 5.74) is 5.24. The van der Waals surface area contributed by atoms with Crippen LogP contribution in [0.5, 0.6) is 11.5 Å². The lowest BCUT2D eigenvalue weighted by molar-refractivity contribution is 0.0992. The Kier molecular flexibility index (Phi) is 3.74. The van der Waals surface area contributed by atoms with Gasteiger partial charge in [-0.2, -0.15) is 0 Å². The highest BCUT2D eigenvalue weighted by molar-refractivity contribution is 5.96. The molecule has 0 amide bonds. The van der Waals surface area contributed by atoms with Crippen molar-refractivity contribution in [2.45, 2.75) is 44.1 Å². The predicted octanol–water partition coefficient (Wildman–Crippen LogP) is 3.39. The lowest BCUT2D eigenvalue weighted by atomic mass is 9.79. The second-order valence-corrected chi connectivity index (χ2v) is 7.99. The molecule has 26 heavy (non-hydrogen) atoms. The van der Waals surface area contributed by atoms with Crippen molar-refractivity contribution in [3.05, 3.63) is 23.4 Å². The number of nitrogens with one attached hydrogen (secondary N) is 1. The Morgan fingerprint density at radius 2 is 1.69 bits per heavy atom. The number of aromatic nitrogens is 1. The molecular weight excluding hydrogens is 326 g/mol. The first-order valence-corrected chi connectivity index (χ1v) is 9.79. The molecule has 1 aromatic heterocycles. The van der Waals surface area contributed by atoms with Gasteiger partial charge in [-0.1, -0.05) is 0 Å². The molecule has 4 aliphatic rings. The second-order valence-electron chi connectivity index (χ2n) is 7.99. The fraction of sp³-hybridized carbons (Fsp3) is 0.571. The maximum absolute atomic E-state index is 5.58. The van der Waals surface area contributed by atoms with E-state index < -0.39 is 0 Å². The van der Waals surface area contributed by atoms with Crippen molar-refractivity contribution in [2.24, 2.45) is 0 Å². The summed E-state index contributed by atoms with van der Waals surface area (Å²) in [6.07, 6.45) is 7.10. The number of pyridine rings is 1. The van der Waals surface area contributed by atoms with E-state index in [0.717, 1.165) is 29.9 Å². The van der Waals surface area contributed by atoms with Gasteiger partial charge in [-0.15, -0.1) is 0 Å². The number of rotatable bonds is 4. The van der Waals surface area contributed by atoms with Crippen LogP contribution in [0.3, 0.4) is 0 Å². The van der Waals surface area contributed by atoms with Crippen molar-refractivity contribution in [2.75, 3.05) is 39.2 Å².